The van der Waals surface area contributed by atoms with Crippen LogP contribution in [0.3, 0.4) is 0 Å². The fraction of sp³-hybridized carbons (Fsp3) is 0.300. The fourth-order valence-electron chi connectivity index (χ4n) is 1.63. The number of nitrogens with one attached hydrogen (secondary N) is 1. The lowest BCUT2D eigenvalue weighted by molar-refractivity contribution is -0.181. The summed E-state index contributed by atoms with van der Waals surface area (Å²) in [5, 5.41) is 13.3. The van der Waals surface area contributed by atoms with Gasteiger partial charge < -0.3 is 0 Å². The van der Waals surface area contributed by atoms with Gasteiger partial charge in [0.25, 0.3) is 5.91 Å². The van der Waals surface area contributed by atoms with Crippen LogP contribution in [0.25, 0.3) is 0 Å². The summed E-state index contributed by atoms with van der Waals surface area (Å²) in [7, 11) is 0. The minimum atomic E-state index is -0.793. The number of nitrogens with zero attached hydrogens (tertiary/aromatic N) is 1. The molecular formula is C10H12N2O2. The Morgan fingerprint density at radius 2 is 2.07 bits per heavy atom. The molecule has 1 amide bonds. The van der Waals surface area contributed by atoms with Crippen LogP contribution >= 0.6 is 0 Å². The molecule has 1 heterocycles. The van der Waals surface area contributed by atoms with Crippen LogP contribution in [-0.2, 0) is 10.5 Å². The Morgan fingerprint density at radius 3 is 2.57 bits per heavy atom. The molecule has 1 atom stereocenters. The largest absolute Gasteiger partial charge is 0.284 e. The topological polar surface area (TPSA) is 52.6 Å². The van der Waals surface area contributed by atoms with Crippen molar-refractivity contribution in [1.82, 2.24) is 10.4 Å². The van der Waals surface area contributed by atoms with Crippen molar-refractivity contribution in [3.05, 3.63) is 35.9 Å². The van der Waals surface area contributed by atoms with Gasteiger partial charge >= 0.3 is 0 Å². The second-order valence-electron chi connectivity index (χ2n) is 3.50. The van der Waals surface area contributed by atoms with E-state index in [1.165, 1.54) is 0 Å². The Labute approximate surface area is 82.1 Å². The highest BCUT2D eigenvalue weighted by molar-refractivity contribution is 5.80. The van der Waals surface area contributed by atoms with Crippen molar-refractivity contribution in [2.75, 3.05) is 6.54 Å². The molecule has 2 rings (SSSR count). The third-order valence-corrected chi connectivity index (χ3v) is 2.58. The molecule has 4 nitrogen and oxygen atoms in total. The van der Waals surface area contributed by atoms with Gasteiger partial charge in [0.05, 0.1) is 6.54 Å². The summed E-state index contributed by atoms with van der Waals surface area (Å²) in [5.74, 6) is -0.309. The highest BCUT2D eigenvalue weighted by Gasteiger charge is 2.42. The highest BCUT2D eigenvalue weighted by Crippen LogP contribution is 2.27. The van der Waals surface area contributed by atoms with Gasteiger partial charge in [-0.1, -0.05) is 30.3 Å². The van der Waals surface area contributed by atoms with Crippen molar-refractivity contribution in [2.45, 2.75) is 12.6 Å². The molecule has 0 radical (unpaired) electrons. The van der Waals surface area contributed by atoms with Gasteiger partial charge in [0.15, 0.2) is 0 Å². The predicted octanol–water partition coefficient (Wildman–Crippen LogP) is 0.680. The summed E-state index contributed by atoms with van der Waals surface area (Å²) in [6, 6.07) is 9.38. The first-order valence-corrected chi connectivity index (χ1v) is 4.47. The molecule has 0 spiro atoms. The number of carbonyl (C=O) groups is 1. The first-order chi connectivity index (χ1) is 6.64. The molecule has 1 aliphatic heterocycles. The van der Waals surface area contributed by atoms with Crippen LogP contribution in [0.4, 0.5) is 0 Å². The van der Waals surface area contributed by atoms with E-state index in [9.17, 15) is 10.0 Å². The maximum Gasteiger partial charge on any atom is 0.262 e. The van der Waals surface area contributed by atoms with Crippen molar-refractivity contribution >= 4 is 5.91 Å². The van der Waals surface area contributed by atoms with Gasteiger partial charge in [-0.3, -0.25) is 15.3 Å². The maximum atomic E-state index is 11.2. The molecule has 1 aromatic rings. The Bertz CT molecular complexity index is 352. The third-order valence-electron chi connectivity index (χ3n) is 2.58. The van der Waals surface area contributed by atoms with E-state index in [1.54, 1.807) is 6.92 Å². The van der Waals surface area contributed by atoms with E-state index < -0.39 is 5.66 Å². The highest BCUT2D eigenvalue weighted by atomic mass is 16.5. The smallest absolute Gasteiger partial charge is 0.262 e. The molecule has 1 unspecified atom stereocenters. The van der Waals surface area contributed by atoms with Crippen LogP contribution in [0.2, 0.25) is 0 Å². The molecule has 1 fully saturated rings. The van der Waals surface area contributed by atoms with E-state index in [4.69, 9.17) is 0 Å². The molecule has 74 valence electrons. The lowest BCUT2D eigenvalue weighted by Crippen LogP contribution is -2.44. The van der Waals surface area contributed by atoms with Gasteiger partial charge in [-0.2, -0.15) is 5.06 Å². The quantitative estimate of drug-likeness (QED) is 0.643. The van der Waals surface area contributed by atoms with Crippen molar-refractivity contribution in [3.8, 4) is 0 Å². The average molecular weight is 192 g/mol. The number of hydrogen-bond acceptors (Lipinski definition) is 3. The second kappa shape index (κ2) is 3.08. The predicted molar refractivity (Wildman–Crippen MR) is 50.4 cm³/mol. The minimum absolute atomic E-state index is 0.169. The standard InChI is InChI=1S/C10H12N2O2/c1-10(8-5-3-2-4-6-8)11-7-9(13)12(10)14/h2-6,11,14H,7H2,1H3. The zero-order chi connectivity index (χ0) is 10.2. The van der Waals surface area contributed by atoms with Crippen LogP contribution in [0.1, 0.15) is 12.5 Å². The Balaban J connectivity index is 2.39. The molecule has 0 saturated carbocycles. The van der Waals surface area contributed by atoms with Gasteiger partial charge in [0, 0.05) is 0 Å². The number of hydrogen-bond donors (Lipinski definition) is 2. The molecule has 14 heavy (non-hydrogen) atoms. The van der Waals surface area contributed by atoms with E-state index in [0.717, 1.165) is 10.6 Å². The summed E-state index contributed by atoms with van der Waals surface area (Å²) >= 11 is 0. The third kappa shape index (κ3) is 1.20. The van der Waals surface area contributed by atoms with Crippen LogP contribution in [0.15, 0.2) is 30.3 Å². The molecule has 0 aliphatic carbocycles. The lowest BCUT2D eigenvalue weighted by atomic mass is 10.0. The van der Waals surface area contributed by atoms with Crippen LogP contribution in [0, 0.1) is 0 Å². The first-order valence-electron chi connectivity index (χ1n) is 4.47. The maximum absolute atomic E-state index is 11.2. The molecule has 4 heteroatoms. The zero-order valence-corrected chi connectivity index (χ0v) is 7.90. The first kappa shape index (κ1) is 9.18. The van der Waals surface area contributed by atoms with Gasteiger partial charge in [-0.05, 0) is 12.5 Å². The van der Waals surface area contributed by atoms with E-state index in [1.807, 2.05) is 30.3 Å². The van der Waals surface area contributed by atoms with E-state index >= 15 is 0 Å². The summed E-state index contributed by atoms with van der Waals surface area (Å²) in [6.45, 7) is 1.94. The van der Waals surface area contributed by atoms with E-state index in [-0.39, 0.29) is 12.5 Å². The van der Waals surface area contributed by atoms with Gasteiger partial charge in [-0.15, -0.1) is 0 Å². The average Bonchev–Trinajstić information content (AvgIpc) is 2.49. The monoisotopic (exact) mass is 192 g/mol. The summed E-state index contributed by atoms with van der Waals surface area (Å²) < 4.78 is 0. The number of benzene rings is 1. The van der Waals surface area contributed by atoms with Crippen molar-refractivity contribution in [1.29, 1.82) is 0 Å². The minimum Gasteiger partial charge on any atom is -0.284 e. The molecule has 0 bridgehead atoms. The molecule has 0 aromatic heterocycles. The van der Waals surface area contributed by atoms with Gasteiger partial charge in [-0.25, -0.2) is 0 Å². The number of amides is 1. The second-order valence-corrected chi connectivity index (χ2v) is 3.50. The Morgan fingerprint density at radius 1 is 1.43 bits per heavy atom. The lowest BCUT2D eigenvalue weighted by Gasteiger charge is -2.30. The van der Waals surface area contributed by atoms with Gasteiger partial charge in [0.2, 0.25) is 0 Å². The number of rotatable bonds is 1. The zero-order valence-electron chi connectivity index (χ0n) is 7.90. The number of carbonyl (C=O) groups excluding carboxylic acids is 1. The Kier molecular flexibility index (Phi) is 2.02. The van der Waals surface area contributed by atoms with Crippen molar-refractivity contribution in [3.63, 3.8) is 0 Å². The SMILES string of the molecule is CC1(c2ccccc2)NCC(=O)N1O. The number of hydroxylamine groups is 2. The molecule has 1 aromatic carbocycles. The molecule has 1 aliphatic rings. The van der Waals surface area contributed by atoms with Crippen LogP contribution in [-0.4, -0.2) is 22.7 Å². The summed E-state index contributed by atoms with van der Waals surface area (Å²) in [4.78, 5) is 11.2. The molecular weight excluding hydrogens is 180 g/mol. The van der Waals surface area contributed by atoms with Crippen molar-refractivity contribution in [2.24, 2.45) is 0 Å². The fourth-order valence-corrected chi connectivity index (χ4v) is 1.63. The summed E-state index contributed by atoms with van der Waals surface area (Å²) in [5.41, 5.74) is 0.0755. The van der Waals surface area contributed by atoms with E-state index in [0.29, 0.717) is 0 Å². The van der Waals surface area contributed by atoms with E-state index in [2.05, 4.69) is 5.32 Å². The normalized spacial score (nSPS) is 27.0. The Hall–Kier alpha value is -1.39. The van der Waals surface area contributed by atoms with Crippen LogP contribution in [0.5, 0.6) is 0 Å². The van der Waals surface area contributed by atoms with Crippen LogP contribution < -0.4 is 5.32 Å². The van der Waals surface area contributed by atoms with Crippen molar-refractivity contribution < 1.29 is 10.0 Å². The molecule has 1 saturated heterocycles. The molecule has 2 N–H and O–H groups in total. The van der Waals surface area contributed by atoms with Gasteiger partial charge in [0.1, 0.15) is 5.66 Å². The summed E-state index contributed by atoms with van der Waals surface area (Å²) in [6.07, 6.45) is 0.